The van der Waals surface area contributed by atoms with E-state index in [0.717, 1.165) is 37.9 Å². The zero-order chi connectivity index (χ0) is 15.8. The maximum Gasteiger partial charge on any atom is 0.0802 e. The highest BCUT2D eigenvalue weighted by Gasteiger charge is 2.18. The number of benzene rings is 1. The molecule has 0 amide bonds. The van der Waals surface area contributed by atoms with Crippen molar-refractivity contribution in [3.8, 4) is 0 Å². The second-order valence-corrected chi connectivity index (χ2v) is 6.66. The first-order valence-electron chi connectivity index (χ1n) is 8.15. The van der Waals surface area contributed by atoms with Crippen LogP contribution in [0.5, 0.6) is 0 Å². The molecule has 0 aromatic heterocycles. The second-order valence-electron chi connectivity index (χ2n) is 6.22. The Morgan fingerprint density at radius 2 is 1.86 bits per heavy atom. The summed E-state index contributed by atoms with van der Waals surface area (Å²) >= 11 is 5.99. The van der Waals surface area contributed by atoms with Crippen LogP contribution in [-0.2, 0) is 0 Å². The number of hydrogen-bond acceptors (Lipinski definition) is 2. The van der Waals surface area contributed by atoms with E-state index in [0.29, 0.717) is 17.0 Å². The van der Waals surface area contributed by atoms with Gasteiger partial charge in [0.25, 0.3) is 0 Å². The Bertz CT molecular complexity index is 404. The smallest absolute Gasteiger partial charge is 0.0802 e. The highest BCUT2D eigenvalue weighted by Crippen LogP contribution is 2.22. The van der Waals surface area contributed by atoms with Crippen LogP contribution in [0.25, 0.3) is 0 Å². The average molecular weight is 312 g/mol. The molecule has 0 saturated heterocycles. The highest BCUT2D eigenvalue weighted by molar-refractivity contribution is 6.30. The number of aliphatic hydroxyl groups excluding tert-OH is 1. The highest BCUT2D eigenvalue weighted by atomic mass is 35.5. The maximum atomic E-state index is 10.4. The van der Waals surface area contributed by atoms with Crippen molar-refractivity contribution in [1.29, 1.82) is 0 Å². The maximum absolute atomic E-state index is 10.4. The lowest BCUT2D eigenvalue weighted by Crippen LogP contribution is -2.38. The van der Waals surface area contributed by atoms with Crippen molar-refractivity contribution in [3.63, 3.8) is 0 Å². The molecule has 0 fully saturated rings. The molecule has 0 aliphatic heterocycles. The van der Waals surface area contributed by atoms with Crippen LogP contribution in [-0.4, -0.2) is 29.1 Å². The molecule has 0 saturated carbocycles. The fraction of sp³-hybridized carbons (Fsp3) is 0.667. The minimum absolute atomic E-state index is 0.437. The predicted octanol–water partition coefficient (Wildman–Crippen LogP) is 4.91. The summed E-state index contributed by atoms with van der Waals surface area (Å²) in [6.45, 7) is 11.0. The second kappa shape index (κ2) is 9.45. The Kier molecular flexibility index (Phi) is 8.31. The van der Waals surface area contributed by atoms with Crippen molar-refractivity contribution in [2.24, 2.45) is 5.92 Å². The Balaban J connectivity index is 2.62. The van der Waals surface area contributed by atoms with Crippen LogP contribution in [0.2, 0.25) is 5.02 Å². The summed E-state index contributed by atoms with van der Waals surface area (Å²) in [5.41, 5.74) is 0.913. The molecule has 3 heteroatoms. The first-order valence-corrected chi connectivity index (χ1v) is 8.53. The number of rotatable bonds is 9. The van der Waals surface area contributed by atoms with Gasteiger partial charge in [0.05, 0.1) is 6.10 Å². The zero-order valence-electron chi connectivity index (χ0n) is 13.8. The fourth-order valence-corrected chi connectivity index (χ4v) is 3.06. The standard InChI is InChI=1S/C18H30ClNO/c1-5-17(6-2)20(13-14(3)4)11-10-18(21)15-8-7-9-16(19)12-15/h7-9,12,14,17-18,21H,5-6,10-11,13H2,1-4H3. The minimum Gasteiger partial charge on any atom is -0.388 e. The van der Waals surface area contributed by atoms with Gasteiger partial charge in [0.1, 0.15) is 0 Å². The van der Waals surface area contributed by atoms with E-state index in [2.05, 4.69) is 32.6 Å². The van der Waals surface area contributed by atoms with Gasteiger partial charge in [-0.25, -0.2) is 0 Å². The average Bonchev–Trinajstić information content (AvgIpc) is 2.45. The van der Waals surface area contributed by atoms with E-state index in [4.69, 9.17) is 11.6 Å². The summed E-state index contributed by atoms with van der Waals surface area (Å²) in [6.07, 6.45) is 2.64. The van der Waals surface area contributed by atoms with Gasteiger partial charge in [-0.2, -0.15) is 0 Å². The van der Waals surface area contributed by atoms with E-state index >= 15 is 0 Å². The van der Waals surface area contributed by atoms with Gasteiger partial charge >= 0.3 is 0 Å². The predicted molar refractivity (Wildman–Crippen MR) is 91.8 cm³/mol. The van der Waals surface area contributed by atoms with E-state index in [1.807, 2.05) is 24.3 Å². The van der Waals surface area contributed by atoms with Crippen molar-refractivity contribution in [2.75, 3.05) is 13.1 Å². The molecule has 1 rings (SSSR count). The minimum atomic E-state index is -0.437. The molecule has 0 aliphatic carbocycles. The lowest BCUT2D eigenvalue weighted by molar-refractivity contribution is 0.111. The van der Waals surface area contributed by atoms with Crippen LogP contribution in [0.4, 0.5) is 0 Å². The molecule has 21 heavy (non-hydrogen) atoms. The Labute approximate surface area is 135 Å². The quantitative estimate of drug-likeness (QED) is 0.700. The third-order valence-electron chi connectivity index (χ3n) is 3.98. The first kappa shape index (κ1) is 18.5. The summed E-state index contributed by atoms with van der Waals surface area (Å²) in [7, 11) is 0. The van der Waals surface area contributed by atoms with Crippen molar-refractivity contribution < 1.29 is 5.11 Å². The van der Waals surface area contributed by atoms with E-state index in [9.17, 15) is 5.11 Å². The molecule has 0 radical (unpaired) electrons. The molecule has 0 aliphatic rings. The lowest BCUT2D eigenvalue weighted by Gasteiger charge is -2.32. The normalized spacial score (nSPS) is 13.4. The summed E-state index contributed by atoms with van der Waals surface area (Å²) in [5, 5.41) is 11.1. The summed E-state index contributed by atoms with van der Waals surface area (Å²) in [4.78, 5) is 2.53. The van der Waals surface area contributed by atoms with Gasteiger partial charge in [-0.1, -0.05) is 51.4 Å². The Morgan fingerprint density at radius 1 is 1.19 bits per heavy atom. The molecule has 0 spiro atoms. The molecule has 0 bridgehead atoms. The van der Waals surface area contributed by atoms with Crippen LogP contribution in [0.15, 0.2) is 24.3 Å². The molecular formula is C18H30ClNO. The molecule has 1 atom stereocenters. The topological polar surface area (TPSA) is 23.5 Å². The van der Waals surface area contributed by atoms with Crippen LogP contribution in [0, 0.1) is 5.92 Å². The molecule has 1 unspecified atom stereocenters. The molecule has 0 heterocycles. The molecule has 2 nitrogen and oxygen atoms in total. The van der Waals surface area contributed by atoms with Crippen molar-refractivity contribution in [2.45, 2.75) is 59.1 Å². The van der Waals surface area contributed by atoms with Gasteiger partial charge in [-0.3, -0.25) is 0 Å². The van der Waals surface area contributed by atoms with Gasteiger partial charge in [0.15, 0.2) is 0 Å². The Morgan fingerprint density at radius 3 is 2.38 bits per heavy atom. The first-order chi connectivity index (χ1) is 9.97. The third-order valence-corrected chi connectivity index (χ3v) is 4.22. The number of aliphatic hydroxyl groups is 1. The molecule has 1 N–H and O–H groups in total. The number of nitrogens with zero attached hydrogens (tertiary/aromatic N) is 1. The zero-order valence-corrected chi connectivity index (χ0v) is 14.6. The largest absolute Gasteiger partial charge is 0.388 e. The monoisotopic (exact) mass is 311 g/mol. The van der Waals surface area contributed by atoms with Gasteiger partial charge in [-0.15, -0.1) is 0 Å². The van der Waals surface area contributed by atoms with Crippen molar-refractivity contribution in [1.82, 2.24) is 4.90 Å². The van der Waals surface area contributed by atoms with Gasteiger partial charge < -0.3 is 10.0 Å². The van der Waals surface area contributed by atoms with Crippen LogP contribution in [0.3, 0.4) is 0 Å². The third kappa shape index (κ3) is 6.37. The number of hydrogen-bond donors (Lipinski definition) is 1. The molecular weight excluding hydrogens is 282 g/mol. The van der Waals surface area contributed by atoms with E-state index in [-0.39, 0.29) is 0 Å². The summed E-state index contributed by atoms with van der Waals surface area (Å²) in [5.74, 6) is 0.647. The van der Waals surface area contributed by atoms with Crippen LogP contribution in [0.1, 0.15) is 58.6 Å². The SMILES string of the molecule is CCC(CC)N(CCC(O)c1cccc(Cl)c1)CC(C)C. The molecule has 120 valence electrons. The summed E-state index contributed by atoms with van der Waals surface area (Å²) in [6, 6.07) is 8.15. The van der Waals surface area contributed by atoms with Crippen LogP contribution >= 0.6 is 11.6 Å². The van der Waals surface area contributed by atoms with Crippen LogP contribution < -0.4 is 0 Å². The lowest BCUT2D eigenvalue weighted by atomic mass is 10.0. The molecule has 1 aromatic rings. The Hall–Kier alpha value is -0.570. The van der Waals surface area contributed by atoms with Crippen molar-refractivity contribution in [3.05, 3.63) is 34.9 Å². The van der Waals surface area contributed by atoms with E-state index in [1.165, 1.54) is 0 Å². The fourth-order valence-electron chi connectivity index (χ4n) is 2.87. The van der Waals surface area contributed by atoms with Gasteiger partial charge in [0.2, 0.25) is 0 Å². The van der Waals surface area contributed by atoms with Gasteiger partial charge in [0, 0.05) is 24.2 Å². The number of halogens is 1. The van der Waals surface area contributed by atoms with Crippen molar-refractivity contribution >= 4 is 11.6 Å². The van der Waals surface area contributed by atoms with E-state index in [1.54, 1.807) is 0 Å². The van der Waals surface area contributed by atoms with Gasteiger partial charge in [-0.05, 0) is 42.9 Å². The molecule has 1 aromatic carbocycles. The summed E-state index contributed by atoms with van der Waals surface area (Å²) < 4.78 is 0. The van der Waals surface area contributed by atoms with E-state index < -0.39 is 6.10 Å².